The fraction of sp³-hybridized carbons (Fsp3) is 0.500. The fourth-order valence-electron chi connectivity index (χ4n) is 1.71. The van der Waals surface area contributed by atoms with Crippen LogP contribution in [0.3, 0.4) is 0 Å². The zero-order valence-electron chi connectivity index (χ0n) is 9.73. The van der Waals surface area contributed by atoms with Gasteiger partial charge in [-0.1, -0.05) is 25.1 Å². The molecular weight excluding hydrogens is 218 g/mol. The summed E-state index contributed by atoms with van der Waals surface area (Å²) in [6.45, 7) is 5.21. The molecule has 0 spiro atoms. The lowest BCUT2D eigenvalue weighted by Crippen LogP contribution is -2.07. The van der Waals surface area contributed by atoms with Gasteiger partial charge in [0.1, 0.15) is 0 Å². The van der Waals surface area contributed by atoms with Gasteiger partial charge in [0, 0.05) is 11.4 Å². The lowest BCUT2D eigenvalue weighted by molar-refractivity contribution is 0.754. The van der Waals surface area contributed by atoms with E-state index < -0.39 is 0 Å². The number of pyridine rings is 1. The lowest BCUT2D eigenvalue weighted by Gasteiger charge is -2.07. The molecule has 1 aliphatic heterocycles. The van der Waals surface area contributed by atoms with Crippen molar-refractivity contribution < 1.29 is 0 Å². The molecule has 0 saturated carbocycles. The summed E-state index contributed by atoms with van der Waals surface area (Å²) in [6, 6.07) is 2.09. The van der Waals surface area contributed by atoms with Crippen LogP contribution in [0.4, 0.5) is 5.69 Å². The molecule has 1 atom stereocenters. The maximum absolute atomic E-state index is 4.50. The molecule has 1 unspecified atom stereocenters. The van der Waals surface area contributed by atoms with Gasteiger partial charge >= 0.3 is 0 Å². The van der Waals surface area contributed by atoms with Gasteiger partial charge in [0.15, 0.2) is 5.17 Å². The maximum atomic E-state index is 4.50. The number of amidine groups is 1. The molecule has 16 heavy (non-hydrogen) atoms. The van der Waals surface area contributed by atoms with Crippen molar-refractivity contribution in [3.05, 3.63) is 24.0 Å². The molecule has 0 aliphatic carbocycles. The van der Waals surface area contributed by atoms with E-state index in [1.165, 1.54) is 18.4 Å². The number of hydrogen-bond acceptors (Lipinski definition) is 4. The molecule has 1 aromatic heterocycles. The number of rotatable bonds is 3. The van der Waals surface area contributed by atoms with Crippen LogP contribution in [0.15, 0.2) is 23.5 Å². The van der Waals surface area contributed by atoms with Crippen LogP contribution in [-0.4, -0.2) is 21.9 Å². The minimum Gasteiger partial charge on any atom is -0.334 e. The average Bonchev–Trinajstić information content (AvgIpc) is 2.66. The first-order valence-corrected chi connectivity index (χ1v) is 6.55. The Morgan fingerprint density at radius 2 is 2.38 bits per heavy atom. The monoisotopic (exact) mass is 235 g/mol. The van der Waals surface area contributed by atoms with Crippen molar-refractivity contribution in [3.63, 3.8) is 0 Å². The predicted molar refractivity (Wildman–Crippen MR) is 71.2 cm³/mol. The highest BCUT2D eigenvalue weighted by Crippen LogP contribution is 2.25. The van der Waals surface area contributed by atoms with E-state index in [0.717, 1.165) is 17.4 Å². The second-order valence-corrected chi connectivity index (χ2v) is 5.34. The van der Waals surface area contributed by atoms with Crippen LogP contribution in [0.5, 0.6) is 0 Å². The molecule has 2 rings (SSSR count). The summed E-state index contributed by atoms with van der Waals surface area (Å²) in [5, 5.41) is 5.01. The van der Waals surface area contributed by atoms with E-state index in [-0.39, 0.29) is 0 Å². The van der Waals surface area contributed by atoms with Gasteiger partial charge < -0.3 is 5.32 Å². The van der Waals surface area contributed by atoms with Crippen LogP contribution < -0.4 is 5.32 Å². The largest absolute Gasteiger partial charge is 0.334 e. The Morgan fingerprint density at radius 1 is 1.50 bits per heavy atom. The highest BCUT2D eigenvalue weighted by atomic mass is 32.2. The molecule has 0 amide bonds. The Bertz CT molecular complexity index is 390. The molecular formula is C12H17N3S. The Labute approximate surface area is 101 Å². The summed E-state index contributed by atoms with van der Waals surface area (Å²) in [6.07, 6.45) is 6.16. The second-order valence-electron chi connectivity index (χ2n) is 4.05. The van der Waals surface area contributed by atoms with Gasteiger partial charge in [0.2, 0.25) is 0 Å². The first-order valence-electron chi connectivity index (χ1n) is 5.67. The van der Waals surface area contributed by atoms with Crippen LogP contribution in [0.1, 0.15) is 25.3 Å². The van der Waals surface area contributed by atoms with Crippen LogP contribution in [0, 0.1) is 6.92 Å². The van der Waals surface area contributed by atoms with Crippen molar-refractivity contribution in [2.75, 3.05) is 11.9 Å². The first kappa shape index (κ1) is 11.5. The summed E-state index contributed by atoms with van der Waals surface area (Å²) < 4.78 is 0. The third kappa shape index (κ3) is 2.98. The zero-order valence-corrected chi connectivity index (χ0v) is 10.5. The summed E-state index contributed by atoms with van der Waals surface area (Å²) >= 11 is 1.85. The van der Waals surface area contributed by atoms with Crippen LogP contribution in [-0.2, 0) is 0 Å². The van der Waals surface area contributed by atoms with Crippen molar-refractivity contribution in [2.24, 2.45) is 4.99 Å². The molecule has 2 heterocycles. The molecule has 0 fully saturated rings. The average molecular weight is 235 g/mol. The fourth-order valence-corrected chi connectivity index (χ4v) is 2.85. The normalized spacial score (nSPS) is 19.6. The first-order chi connectivity index (χ1) is 7.78. The van der Waals surface area contributed by atoms with Gasteiger partial charge in [0.25, 0.3) is 0 Å². The summed E-state index contributed by atoms with van der Waals surface area (Å²) in [5.74, 6) is 0. The predicted octanol–water partition coefficient (Wildman–Crippen LogP) is 3.07. The van der Waals surface area contributed by atoms with Gasteiger partial charge in [-0.3, -0.25) is 9.98 Å². The van der Waals surface area contributed by atoms with Crippen molar-refractivity contribution in [2.45, 2.75) is 31.9 Å². The number of thioether (sulfide) groups is 1. The molecule has 1 aliphatic rings. The van der Waals surface area contributed by atoms with E-state index in [4.69, 9.17) is 0 Å². The van der Waals surface area contributed by atoms with Crippen LogP contribution >= 0.6 is 11.8 Å². The van der Waals surface area contributed by atoms with Gasteiger partial charge in [0.05, 0.1) is 18.4 Å². The van der Waals surface area contributed by atoms with E-state index in [1.54, 1.807) is 0 Å². The van der Waals surface area contributed by atoms with Crippen LogP contribution in [0.2, 0.25) is 0 Å². The van der Waals surface area contributed by atoms with E-state index in [0.29, 0.717) is 5.25 Å². The molecule has 0 bridgehead atoms. The molecule has 0 aromatic carbocycles. The third-order valence-corrected chi connectivity index (χ3v) is 3.63. The smallest absolute Gasteiger partial charge is 0.161 e. The maximum Gasteiger partial charge on any atom is 0.161 e. The molecule has 0 radical (unpaired) electrons. The molecule has 1 N–H and O–H groups in total. The quantitative estimate of drug-likeness (QED) is 0.875. The molecule has 0 saturated heterocycles. The number of anilines is 1. The van der Waals surface area contributed by atoms with Gasteiger partial charge in [-0.25, -0.2) is 0 Å². The lowest BCUT2D eigenvalue weighted by atomic mass is 10.2. The summed E-state index contributed by atoms with van der Waals surface area (Å²) in [4.78, 5) is 8.66. The van der Waals surface area contributed by atoms with Gasteiger partial charge in [-0.15, -0.1) is 0 Å². The molecule has 86 valence electrons. The molecule has 1 aromatic rings. The Morgan fingerprint density at radius 3 is 3.12 bits per heavy atom. The van der Waals surface area contributed by atoms with Gasteiger partial charge in [-0.05, 0) is 25.0 Å². The second kappa shape index (κ2) is 5.34. The van der Waals surface area contributed by atoms with Crippen molar-refractivity contribution in [1.82, 2.24) is 4.98 Å². The number of aromatic nitrogens is 1. The SMILES string of the molecule is CCCC1CN=C(Nc2cncc(C)c2)S1. The van der Waals surface area contributed by atoms with E-state index in [2.05, 4.69) is 28.3 Å². The van der Waals surface area contributed by atoms with E-state index >= 15 is 0 Å². The summed E-state index contributed by atoms with van der Waals surface area (Å²) in [7, 11) is 0. The minimum atomic E-state index is 0.658. The Kier molecular flexibility index (Phi) is 3.83. The molecule has 3 nitrogen and oxygen atoms in total. The minimum absolute atomic E-state index is 0.658. The topological polar surface area (TPSA) is 37.3 Å². The van der Waals surface area contributed by atoms with Gasteiger partial charge in [-0.2, -0.15) is 0 Å². The number of aliphatic imine (C=N–C) groups is 1. The molecule has 4 heteroatoms. The number of nitrogens with one attached hydrogen (secondary N) is 1. The third-order valence-electron chi connectivity index (χ3n) is 2.45. The highest BCUT2D eigenvalue weighted by molar-refractivity contribution is 8.15. The van der Waals surface area contributed by atoms with Crippen LogP contribution in [0.25, 0.3) is 0 Å². The van der Waals surface area contributed by atoms with Crippen molar-refractivity contribution >= 4 is 22.6 Å². The number of nitrogens with zero attached hydrogens (tertiary/aromatic N) is 2. The van der Waals surface area contributed by atoms with E-state index in [9.17, 15) is 0 Å². The van der Waals surface area contributed by atoms with Crippen molar-refractivity contribution in [1.29, 1.82) is 0 Å². The Hall–Kier alpha value is -1.03. The van der Waals surface area contributed by atoms with Crippen molar-refractivity contribution in [3.8, 4) is 0 Å². The highest BCUT2D eigenvalue weighted by Gasteiger charge is 2.18. The summed E-state index contributed by atoms with van der Waals surface area (Å²) in [5.41, 5.74) is 2.20. The van der Waals surface area contributed by atoms with E-state index in [1.807, 2.05) is 31.1 Å². The number of aryl methyl sites for hydroxylation is 1. The number of hydrogen-bond donors (Lipinski definition) is 1. The standard InChI is InChI=1S/C12H17N3S/c1-3-4-11-8-14-12(16-11)15-10-5-9(2)6-13-7-10/h5-7,11H,3-4,8H2,1-2H3,(H,14,15). The Balaban J connectivity index is 1.92. The zero-order chi connectivity index (χ0) is 11.4.